The van der Waals surface area contributed by atoms with Crippen LogP contribution in [0.3, 0.4) is 0 Å². The Hall–Kier alpha value is -1.79. The van der Waals surface area contributed by atoms with E-state index in [9.17, 15) is 0 Å². The highest BCUT2D eigenvalue weighted by molar-refractivity contribution is 5.80. The molecule has 4 rings (SSSR count). The predicted molar refractivity (Wildman–Crippen MR) is 104 cm³/mol. The highest BCUT2D eigenvalue weighted by Gasteiger charge is 2.41. The first-order valence-corrected chi connectivity index (χ1v) is 9.94. The molecule has 0 amide bonds. The van der Waals surface area contributed by atoms with Crippen LogP contribution in [0.1, 0.15) is 31.7 Å². The molecule has 1 aromatic rings. The number of hydrogen-bond acceptors (Lipinski definition) is 4. The monoisotopic (exact) mass is 358 g/mol. The fourth-order valence-electron chi connectivity index (χ4n) is 4.09. The summed E-state index contributed by atoms with van der Waals surface area (Å²) in [6, 6.07) is 9.15. The molecule has 0 spiro atoms. The van der Waals surface area contributed by atoms with Crippen LogP contribution in [0.2, 0.25) is 0 Å². The lowest BCUT2D eigenvalue weighted by Crippen LogP contribution is -2.47. The summed E-state index contributed by atoms with van der Waals surface area (Å²) in [6.07, 6.45) is 4.30. The molecule has 0 aliphatic carbocycles. The maximum absolute atomic E-state index is 5.94. The van der Waals surface area contributed by atoms with Crippen molar-refractivity contribution in [1.29, 1.82) is 0 Å². The third-order valence-electron chi connectivity index (χ3n) is 5.50. The summed E-state index contributed by atoms with van der Waals surface area (Å²) < 4.78 is 11.4. The van der Waals surface area contributed by atoms with E-state index in [1.54, 1.807) is 0 Å². The van der Waals surface area contributed by atoms with Gasteiger partial charge in [0.05, 0.1) is 38.0 Å². The van der Waals surface area contributed by atoms with Crippen molar-refractivity contribution in [1.82, 2.24) is 10.6 Å². The van der Waals surface area contributed by atoms with Crippen LogP contribution in [-0.2, 0) is 16.0 Å². The minimum absolute atomic E-state index is 0.358. The van der Waals surface area contributed by atoms with Gasteiger partial charge in [-0.15, -0.1) is 0 Å². The van der Waals surface area contributed by atoms with E-state index in [0.29, 0.717) is 24.8 Å². The van der Waals surface area contributed by atoms with Crippen LogP contribution < -0.4 is 15.5 Å². The van der Waals surface area contributed by atoms with Gasteiger partial charge in [-0.25, -0.2) is 4.99 Å². The Morgan fingerprint density at radius 2 is 2.00 bits per heavy atom. The molecule has 3 atom stereocenters. The first-order valence-electron chi connectivity index (χ1n) is 9.94. The molecule has 2 N–H and O–H groups in total. The van der Waals surface area contributed by atoms with Gasteiger partial charge in [-0.05, 0) is 43.9 Å². The van der Waals surface area contributed by atoms with E-state index in [0.717, 1.165) is 45.2 Å². The molecule has 142 valence electrons. The maximum Gasteiger partial charge on any atom is 0.191 e. The highest BCUT2D eigenvalue weighted by Crippen LogP contribution is 2.34. The van der Waals surface area contributed by atoms with Crippen molar-refractivity contribution in [3.05, 3.63) is 29.8 Å². The number of morpholine rings is 1. The topological polar surface area (TPSA) is 58.1 Å². The number of nitrogens with zero attached hydrogens (tertiary/aromatic N) is 2. The minimum atomic E-state index is 0.358. The summed E-state index contributed by atoms with van der Waals surface area (Å²) in [7, 11) is 0. The van der Waals surface area contributed by atoms with Crippen molar-refractivity contribution in [2.75, 3.05) is 37.7 Å². The van der Waals surface area contributed by atoms with E-state index < -0.39 is 0 Å². The molecule has 3 fully saturated rings. The summed E-state index contributed by atoms with van der Waals surface area (Å²) in [4.78, 5) is 7.15. The molecular formula is C20H30N4O2. The molecule has 3 heterocycles. The summed E-state index contributed by atoms with van der Waals surface area (Å²) in [6.45, 7) is 7.22. The van der Waals surface area contributed by atoms with Gasteiger partial charge in [0, 0.05) is 25.3 Å². The Morgan fingerprint density at radius 3 is 2.65 bits per heavy atom. The highest BCUT2D eigenvalue weighted by atomic mass is 16.5. The standard InChI is InChI=1S/C20H30N4O2/c1-2-21-20(23-18-13-17-7-8-19(18)26-17)22-14-15-3-5-16(6-4-15)24-9-11-25-12-10-24/h3-6,17-19H,2,7-14H2,1H3,(H2,21,22,23). The largest absolute Gasteiger partial charge is 0.378 e. The summed E-state index contributed by atoms with van der Waals surface area (Å²) >= 11 is 0. The molecule has 3 unspecified atom stereocenters. The van der Waals surface area contributed by atoms with Crippen molar-refractivity contribution in [3.8, 4) is 0 Å². The zero-order valence-corrected chi connectivity index (χ0v) is 15.6. The molecule has 2 bridgehead atoms. The van der Waals surface area contributed by atoms with Gasteiger partial charge in [-0.2, -0.15) is 0 Å². The van der Waals surface area contributed by atoms with Crippen molar-refractivity contribution < 1.29 is 9.47 Å². The number of hydrogen-bond donors (Lipinski definition) is 2. The second-order valence-electron chi connectivity index (χ2n) is 7.32. The quantitative estimate of drug-likeness (QED) is 0.622. The Kier molecular flexibility index (Phi) is 5.60. The first-order chi connectivity index (χ1) is 12.8. The van der Waals surface area contributed by atoms with Gasteiger partial charge in [0.25, 0.3) is 0 Å². The van der Waals surface area contributed by atoms with Gasteiger partial charge in [0.15, 0.2) is 5.96 Å². The molecular weight excluding hydrogens is 328 g/mol. The molecule has 3 aliphatic rings. The maximum atomic E-state index is 5.94. The SMILES string of the molecule is CCNC(=NCc1ccc(N2CCOCC2)cc1)NC1CC2CCC1O2. The van der Waals surface area contributed by atoms with E-state index in [4.69, 9.17) is 14.5 Å². The fraction of sp³-hybridized carbons (Fsp3) is 0.650. The van der Waals surface area contributed by atoms with Crippen LogP contribution in [0.25, 0.3) is 0 Å². The average molecular weight is 358 g/mol. The van der Waals surface area contributed by atoms with E-state index in [1.165, 1.54) is 24.1 Å². The van der Waals surface area contributed by atoms with Crippen molar-refractivity contribution in [3.63, 3.8) is 0 Å². The predicted octanol–water partition coefficient (Wildman–Crippen LogP) is 1.90. The Bertz CT molecular complexity index is 613. The second kappa shape index (κ2) is 8.27. The van der Waals surface area contributed by atoms with Gasteiger partial charge in [-0.1, -0.05) is 12.1 Å². The van der Waals surface area contributed by atoms with E-state index >= 15 is 0 Å². The van der Waals surface area contributed by atoms with Crippen molar-refractivity contribution >= 4 is 11.6 Å². The van der Waals surface area contributed by atoms with E-state index in [-0.39, 0.29) is 0 Å². The number of nitrogens with one attached hydrogen (secondary N) is 2. The van der Waals surface area contributed by atoms with Crippen LogP contribution >= 0.6 is 0 Å². The normalized spacial score (nSPS) is 28.4. The first kappa shape index (κ1) is 17.6. The number of benzene rings is 1. The third kappa shape index (κ3) is 4.13. The fourth-order valence-corrected chi connectivity index (χ4v) is 4.09. The lowest BCUT2D eigenvalue weighted by Gasteiger charge is -2.28. The molecule has 3 saturated heterocycles. The van der Waals surface area contributed by atoms with Crippen molar-refractivity contribution in [2.45, 2.75) is 51.0 Å². The van der Waals surface area contributed by atoms with E-state index in [1.807, 2.05) is 0 Å². The molecule has 26 heavy (non-hydrogen) atoms. The van der Waals surface area contributed by atoms with Crippen molar-refractivity contribution in [2.24, 2.45) is 4.99 Å². The molecule has 3 aliphatic heterocycles. The smallest absolute Gasteiger partial charge is 0.191 e. The number of aliphatic imine (C=N–C) groups is 1. The van der Waals surface area contributed by atoms with Crippen LogP contribution in [0.15, 0.2) is 29.3 Å². The van der Waals surface area contributed by atoms with Gasteiger partial charge < -0.3 is 25.0 Å². The van der Waals surface area contributed by atoms with Gasteiger partial charge in [0.1, 0.15) is 0 Å². The van der Waals surface area contributed by atoms with Gasteiger partial charge in [-0.3, -0.25) is 0 Å². The lowest BCUT2D eigenvalue weighted by atomic mass is 9.96. The zero-order valence-electron chi connectivity index (χ0n) is 15.6. The minimum Gasteiger partial charge on any atom is -0.378 e. The molecule has 0 aromatic heterocycles. The van der Waals surface area contributed by atoms with Crippen LogP contribution in [-0.4, -0.2) is 57.1 Å². The molecule has 1 aromatic carbocycles. The number of anilines is 1. The second-order valence-corrected chi connectivity index (χ2v) is 7.32. The number of fused-ring (bicyclic) bond motifs is 2. The average Bonchev–Trinajstić information content (AvgIpc) is 3.31. The van der Waals surface area contributed by atoms with Gasteiger partial charge >= 0.3 is 0 Å². The number of rotatable bonds is 5. The van der Waals surface area contributed by atoms with Crippen LogP contribution in [0, 0.1) is 0 Å². The molecule has 6 nitrogen and oxygen atoms in total. The summed E-state index contributed by atoms with van der Waals surface area (Å²) in [5, 5.41) is 6.94. The Labute approximate surface area is 156 Å². The molecule has 0 saturated carbocycles. The van der Waals surface area contributed by atoms with Crippen LogP contribution in [0.4, 0.5) is 5.69 Å². The zero-order chi connectivity index (χ0) is 17.8. The summed E-state index contributed by atoms with van der Waals surface area (Å²) in [5.74, 6) is 0.894. The molecule has 6 heteroatoms. The Morgan fingerprint density at radius 1 is 1.19 bits per heavy atom. The number of guanidine groups is 1. The summed E-state index contributed by atoms with van der Waals surface area (Å²) in [5.41, 5.74) is 2.49. The van der Waals surface area contributed by atoms with Gasteiger partial charge in [0.2, 0.25) is 0 Å². The number of ether oxygens (including phenoxy) is 2. The lowest BCUT2D eigenvalue weighted by molar-refractivity contribution is 0.0992. The van der Waals surface area contributed by atoms with Crippen LogP contribution in [0.5, 0.6) is 0 Å². The molecule has 0 radical (unpaired) electrons. The van der Waals surface area contributed by atoms with E-state index in [2.05, 4.69) is 46.7 Å². The Balaban J connectivity index is 1.34. The third-order valence-corrected chi connectivity index (χ3v) is 5.50.